The molecule has 0 N–H and O–H groups in total. The largest absolute Gasteiger partial charge is 0.496 e. The molecule has 152 valence electrons. The molecule has 1 amide bonds. The van der Waals surface area contributed by atoms with Gasteiger partial charge in [-0.2, -0.15) is 5.26 Å². The molecule has 0 aliphatic carbocycles. The third-order valence-corrected chi connectivity index (χ3v) is 4.71. The number of methoxy groups -OCH3 is 1. The summed E-state index contributed by atoms with van der Waals surface area (Å²) in [5.74, 6) is -0.664. The number of hydrogen-bond donors (Lipinski definition) is 0. The summed E-state index contributed by atoms with van der Waals surface area (Å²) in [5, 5.41) is 10.7. The van der Waals surface area contributed by atoms with Gasteiger partial charge in [0.15, 0.2) is 6.61 Å². The highest BCUT2D eigenvalue weighted by atomic mass is 16.5. The van der Waals surface area contributed by atoms with Crippen molar-refractivity contribution < 1.29 is 19.1 Å². The van der Waals surface area contributed by atoms with Crippen molar-refractivity contribution in [3.8, 4) is 11.8 Å². The van der Waals surface area contributed by atoms with E-state index in [0.717, 1.165) is 16.3 Å². The average molecular weight is 402 g/mol. The number of nitriles is 1. The molecule has 0 heterocycles. The molecule has 0 aliphatic rings. The molecule has 0 unspecified atom stereocenters. The van der Waals surface area contributed by atoms with Crippen molar-refractivity contribution in [2.75, 3.05) is 25.2 Å². The van der Waals surface area contributed by atoms with E-state index in [1.807, 2.05) is 49.4 Å². The van der Waals surface area contributed by atoms with Crippen LogP contribution in [0.3, 0.4) is 0 Å². The first kappa shape index (κ1) is 20.9. The zero-order valence-electron chi connectivity index (χ0n) is 16.9. The minimum atomic E-state index is -0.643. The quantitative estimate of drug-likeness (QED) is 0.552. The van der Waals surface area contributed by atoms with Crippen LogP contribution in [0.4, 0.5) is 5.69 Å². The predicted molar refractivity (Wildman–Crippen MR) is 115 cm³/mol. The Bertz CT molecular complexity index is 1100. The van der Waals surface area contributed by atoms with Gasteiger partial charge in [0.1, 0.15) is 11.3 Å². The molecular formula is C24H22N2O4. The fourth-order valence-electron chi connectivity index (χ4n) is 3.12. The minimum Gasteiger partial charge on any atom is -0.496 e. The van der Waals surface area contributed by atoms with Crippen molar-refractivity contribution in [3.05, 3.63) is 71.8 Å². The van der Waals surface area contributed by atoms with E-state index in [-0.39, 0.29) is 18.5 Å². The third-order valence-electron chi connectivity index (χ3n) is 4.71. The van der Waals surface area contributed by atoms with Gasteiger partial charge in [-0.15, -0.1) is 0 Å². The van der Waals surface area contributed by atoms with Crippen molar-refractivity contribution in [1.82, 2.24) is 0 Å². The highest BCUT2D eigenvalue weighted by Gasteiger charge is 2.20. The van der Waals surface area contributed by atoms with Gasteiger partial charge in [0.25, 0.3) is 5.91 Å². The van der Waals surface area contributed by atoms with Crippen molar-refractivity contribution in [2.24, 2.45) is 0 Å². The van der Waals surface area contributed by atoms with Crippen LogP contribution in [-0.4, -0.2) is 32.1 Å². The van der Waals surface area contributed by atoms with E-state index in [0.29, 0.717) is 11.4 Å². The number of benzene rings is 3. The van der Waals surface area contributed by atoms with E-state index >= 15 is 0 Å². The number of amides is 1. The van der Waals surface area contributed by atoms with E-state index < -0.39 is 18.5 Å². The molecule has 3 rings (SSSR count). The Morgan fingerprint density at radius 1 is 1.03 bits per heavy atom. The zero-order valence-corrected chi connectivity index (χ0v) is 16.9. The van der Waals surface area contributed by atoms with Crippen LogP contribution >= 0.6 is 0 Å². The first-order valence-electron chi connectivity index (χ1n) is 9.51. The summed E-state index contributed by atoms with van der Waals surface area (Å²) < 4.78 is 10.6. The second kappa shape index (κ2) is 9.57. The fourth-order valence-corrected chi connectivity index (χ4v) is 3.12. The Hall–Kier alpha value is -3.85. The van der Waals surface area contributed by atoms with Gasteiger partial charge in [-0.3, -0.25) is 4.79 Å². The van der Waals surface area contributed by atoms with Crippen molar-refractivity contribution >= 4 is 28.3 Å². The maximum atomic E-state index is 12.7. The summed E-state index contributed by atoms with van der Waals surface area (Å²) in [6.45, 7) is 1.73. The fraction of sp³-hybridized carbons (Fsp3) is 0.208. The van der Waals surface area contributed by atoms with Gasteiger partial charge in [0.05, 0.1) is 19.6 Å². The first-order valence-corrected chi connectivity index (χ1v) is 9.51. The molecule has 0 saturated heterocycles. The Kier molecular flexibility index (Phi) is 6.66. The second-order valence-electron chi connectivity index (χ2n) is 6.76. The zero-order chi connectivity index (χ0) is 21.5. The number of esters is 1. The number of aryl methyl sites for hydroxylation is 1. The van der Waals surface area contributed by atoms with Crippen LogP contribution in [0.15, 0.2) is 60.7 Å². The van der Waals surface area contributed by atoms with Gasteiger partial charge in [-0.05, 0) is 42.0 Å². The molecule has 0 radical (unpaired) electrons. The molecule has 3 aromatic rings. The lowest BCUT2D eigenvalue weighted by Crippen LogP contribution is -2.35. The van der Waals surface area contributed by atoms with Gasteiger partial charge < -0.3 is 14.4 Å². The Morgan fingerprint density at radius 3 is 2.33 bits per heavy atom. The van der Waals surface area contributed by atoms with E-state index in [1.54, 1.807) is 24.3 Å². The highest BCUT2D eigenvalue weighted by Crippen LogP contribution is 2.26. The Labute approximate surface area is 175 Å². The summed E-state index contributed by atoms with van der Waals surface area (Å²) in [5.41, 5.74) is 1.96. The summed E-state index contributed by atoms with van der Waals surface area (Å²) in [6, 6.07) is 20.5. The van der Waals surface area contributed by atoms with Crippen LogP contribution < -0.4 is 9.64 Å². The van der Waals surface area contributed by atoms with Crippen LogP contribution in [0.2, 0.25) is 0 Å². The maximum absolute atomic E-state index is 12.7. The third kappa shape index (κ3) is 4.76. The lowest BCUT2D eigenvalue weighted by Gasteiger charge is -2.22. The van der Waals surface area contributed by atoms with Crippen molar-refractivity contribution in [1.29, 1.82) is 5.26 Å². The van der Waals surface area contributed by atoms with Gasteiger partial charge >= 0.3 is 5.97 Å². The molecule has 0 fully saturated rings. The lowest BCUT2D eigenvalue weighted by atomic mass is 10.1. The second-order valence-corrected chi connectivity index (χ2v) is 6.76. The van der Waals surface area contributed by atoms with Crippen LogP contribution in [0, 0.1) is 18.3 Å². The van der Waals surface area contributed by atoms with Crippen LogP contribution in [-0.2, 0) is 9.53 Å². The summed E-state index contributed by atoms with van der Waals surface area (Å²) in [7, 11) is 1.48. The van der Waals surface area contributed by atoms with E-state index in [4.69, 9.17) is 14.7 Å². The Balaban J connectivity index is 1.76. The first-order chi connectivity index (χ1) is 14.5. The van der Waals surface area contributed by atoms with Crippen molar-refractivity contribution in [2.45, 2.75) is 13.3 Å². The molecule has 0 atom stereocenters. The lowest BCUT2D eigenvalue weighted by molar-refractivity contribution is -0.121. The summed E-state index contributed by atoms with van der Waals surface area (Å²) in [4.78, 5) is 26.9. The molecule has 0 aliphatic heterocycles. The van der Waals surface area contributed by atoms with Gasteiger partial charge in [-0.1, -0.05) is 42.0 Å². The standard InChI is InChI=1S/C24H22N2O4/c1-17-8-10-20(11-9-17)26(13-5-12-25)23(27)16-30-24(28)21-14-18-6-3-4-7-19(18)15-22(21)29-2/h3-4,6-11,14-15H,5,13,16H2,1-2H3. The number of anilines is 1. The number of fused-ring (bicyclic) bond motifs is 1. The smallest absolute Gasteiger partial charge is 0.342 e. The summed E-state index contributed by atoms with van der Waals surface area (Å²) in [6.07, 6.45) is 0.173. The van der Waals surface area contributed by atoms with E-state index in [9.17, 15) is 9.59 Å². The molecular weight excluding hydrogens is 380 g/mol. The molecule has 6 heteroatoms. The molecule has 0 spiro atoms. The number of ether oxygens (including phenoxy) is 2. The number of rotatable bonds is 7. The predicted octanol–water partition coefficient (Wildman–Crippen LogP) is 4.26. The SMILES string of the molecule is COc1cc2ccccc2cc1C(=O)OCC(=O)N(CCC#N)c1ccc(C)cc1. The maximum Gasteiger partial charge on any atom is 0.342 e. The van der Waals surface area contributed by atoms with E-state index in [1.165, 1.54) is 12.0 Å². The minimum absolute atomic E-state index is 0.173. The topological polar surface area (TPSA) is 79.6 Å². The van der Waals surface area contributed by atoms with Crippen LogP contribution in [0.5, 0.6) is 5.75 Å². The highest BCUT2D eigenvalue weighted by molar-refractivity contribution is 6.01. The van der Waals surface area contributed by atoms with Crippen LogP contribution in [0.25, 0.3) is 10.8 Å². The monoisotopic (exact) mass is 402 g/mol. The molecule has 6 nitrogen and oxygen atoms in total. The van der Waals surface area contributed by atoms with Gasteiger partial charge in [0.2, 0.25) is 0 Å². The summed E-state index contributed by atoms with van der Waals surface area (Å²) >= 11 is 0. The van der Waals surface area contributed by atoms with Crippen LogP contribution in [0.1, 0.15) is 22.3 Å². The van der Waals surface area contributed by atoms with E-state index in [2.05, 4.69) is 0 Å². The number of carbonyl (C=O) groups excluding carboxylic acids is 2. The number of carbonyl (C=O) groups is 2. The molecule has 0 saturated carbocycles. The number of nitrogens with zero attached hydrogens (tertiary/aromatic N) is 2. The molecule has 0 aromatic heterocycles. The van der Waals surface area contributed by atoms with Crippen molar-refractivity contribution in [3.63, 3.8) is 0 Å². The normalized spacial score (nSPS) is 10.3. The molecule has 3 aromatic carbocycles. The van der Waals surface area contributed by atoms with Gasteiger partial charge in [-0.25, -0.2) is 4.79 Å². The number of hydrogen-bond acceptors (Lipinski definition) is 5. The molecule has 0 bridgehead atoms. The van der Waals surface area contributed by atoms with Gasteiger partial charge in [0, 0.05) is 12.2 Å². The molecule has 30 heavy (non-hydrogen) atoms. The Morgan fingerprint density at radius 2 is 1.70 bits per heavy atom. The average Bonchev–Trinajstić information content (AvgIpc) is 2.77.